The molecule has 1 heterocycles. The number of amides is 1. The van der Waals surface area contributed by atoms with Crippen molar-refractivity contribution in [2.45, 2.75) is 35.9 Å². The van der Waals surface area contributed by atoms with Gasteiger partial charge in [0.2, 0.25) is 5.91 Å². The van der Waals surface area contributed by atoms with Gasteiger partial charge in [-0.15, -0.1) is 0 Å². The van der Waals surface area contributed by atoms with Gasteiger partial charge >= 0.3 is 6.18 Å². The summed E-state index contributed by atoms with van der Waals surface area (Å²) in [5.41, 5.74) is -1.81. The fourth-order valence-corrected chi connectivity index (χ4v) is 6.17. The Morgan fingerprint density at radius 1 is 0.971 bits per heavy atom. The zero-order valence-corrected chi connectivity index (χ0v) is 19.1. The molecule has 35 heavy (non-hydrogen) atoms. The van der Waals surface area contributed by atoms with Crippen LogP contribution < -0.4 is 0 Å². The highest BCUT2D eigenvalue weighted by molar-refractivity contribution is 7.89. The van der Waals surface area contributed by atoms with Crippen molar-refractivity contribution in [2.75, 3.05) is 0 Å². The van der Waals surface area contributed by atoms with Gasteiger partial charge in [0.25, 0.3) is 15.7 Å². The normalized spacial score (nSPS) is 20.4. The maximum atomic E-state index is 13.6. The van der Waals surface area contributed by atoms with Gasteiger partial charge in [0.15, 0.2) is 0 Å². The lowest BCUT2D eigenvalue weighted by Gasteiger charge is -2.55. The average molecular weight is 504 g/mol. The number of carbonyl (C=O) groups excluding carboxylic acids is 1. The van der Waals surface area contributed by atoms with Crippen molar-refractivity contribution in [1.29, 1.82) is 0 Å². The second-order valence-corrected chi connectivity index (χ2v) is 9.89. The first kappa shape index (κ1) is 24.4. The van der Waals surface area contributed by atoms with Gasteiger partial charge in [0.1, 0.15) is 5.41 Å². The van der Waals surface area contributed by atoms with Crippen molar-refractivity contribution in [3.8, 4) is 0 Å². The lowest BCUT2D eigenvalue weighted by Crippen LogP contribution is -2.67. The minimum absolute atomic E-state index is 0.188. The number of hydrogen-bond donors (Lipinski definition) is 0. The quantitative estimate of drug-likeness (QED) is 0.260. The van der Waals surface area contributed by atoms with Crippen LogP contribution in [-0.4, -0.2) is 23.6 Å². The molecule has 1 saturated heterocycles. The highest BCUT2D eigenvalue weighted by Gasteiger charge is 2.65. The Kier molecular flexibility index (Phi) is 5.92. The molecule has 1 fully saturated rings. The van der Waals surface area contributed by atoms with Crippen molar-refractivity contribution in [1.82, 2.24) is 4.31 Å². The number of alkyl halides is 3. The molecule has 0 N–H and O–H groups in total. The zero-order chi connectivity index (χ0) is 25.6. The number of carbonyl (C=O) groups is 1. The smallest absolute Gasteiger partial charge is 0.273 e. The zero-order valence-electron chi connectivity index (χ0n) is 18.3. The molecule has 7 nitrogen and oxygen atoms in total. The van der Waals surface area contributed by atoms with Crippen molar-refractivity contribution in [3.05, 3.63) is 106 Å². The molecule has 11 heteroatoms. The predicted octanol–water partition coefficient (Wildman–Crippen LogP) is 5.23. The van der Waals surface area contributed by atoms with Gasteiger partial charge in [-0.1, -0.05) is 49.4 Å². The molecule has 3 aromatic carbocycles. The summed E-state index contributed by atoms with van der Waals surface area (Å²) >= 11 is 0. The van der Waals surface area contributed by atoms with Crippen LogP contribution in [0.5, 0.6) is 0 Å². The van der Waals surface area contributed by atoms with Crippen LogP contribution in [0.15, 0.2) is 83.8 Å². The molecular weight excluding hydrogens is 485 g/mol. The molecule has 0 bridgehead atoms. The molecule has 182 valence electrons. The van der Waals surface area contributed by atoms with Crippen molar-refractivity contribution < 1.29 is 31.3 Å². The van der Waals surface area contributed by atoms with Gasteiger partial charge in [-0.25, -0.2) is 12.7 Å². The summed E-state index contributed by atoms with van der Waals surface area (Å²) in [5.74, 6) is -0.727. The lowest BCUT2D eigenvalue weighted by atomic mass is 9.63. The molecule has 0 radical (unpaired) electrons. The summed E-state index contributed by atoms with van der Waals surface area (Å²) < 4.78 is 67.1. The van der Waals surface area contributed by atoms with Crippen LogP contribution in [0.4, 0.5) is 18.9 Å². The van der Waals surface area contributed by atoms with E-state index in [1.807, 2.05) is 0 Å². The Morgan fingerprint density at radius 3 is 2.03 bits per heavy atom. The standard InChI is InChI=1S/C24H19F3N2O5S/c1-2-23(17-6-4-3-5-7-17)21(16-8-10-18(11-9-16)24(25,26)27)28(22(23)30)35(33,34)20-14-12-19(13-15-20)29(31)32/h3-15,21H,2H2,1H3/t21?,23-/m0/s1. The largest absolute Gasteiger partial charge is 0.416 e. The first-order chi connectivity index (χ1) is 16.4. The van der Waals surface area contributed by atoms with Crippen LogP contribution in [-0.2, 0) is 26.4 Å². The van der Waals surface area contributed by atoms with Crippen LogP contribution >= 0.6 is 0 Å². The molecule has 1 aliphatic rings. The number of benzene rings is 3. The monoisotopic (exact) mass is 504 g/mol. The number of β-lactam (4-membered cyclic amide) rings is 1. The Morgan fingerprint density at radius 2 is 1.54 bits per heavy atom. The molecule has 1 amide bonds. The van der Waals surface area contributed by atoms with E-state index < -0.39 is 44.1 Å². The molecule has 1 unspecified atom stereocenters. The Labute approximate surface area is 199 Å². The molecule has 2 atom stereocenters. The number of halogens is 3. The lowest BCUT2D eigenvalue weighted by molar-refractivity contribution is -0.384. The first-order valence-electron chi connectivity index (χ1n) is 10.5. The van der Waals surface area contributed by atoms with Crippen LogP contribution in [0.1, 0.15) is 36.1 Å². The van der Waals surface area contributed by atoms with E-state index in [1.54, 1.807) is 37.3 Å². The van der Waals surface area contributed by atoms with Gasteiger partial charge in [0, 0.05) is 12.1 Å². The predicted molar refractivity (Wildman–Crippen MR) is 120 cm³/mol. The molecule has 0 spiro atoms. The van der Waals surface area contributed by atoms with Crippen molar-refractivity contribution in [3.63, 3.8) is 0 Å². The Balaban J connectivity index is 1.86. The number of rotatable bonds is 6. The summed E-state index contributed by atoms with van der Waals surface area (Å²) in [6.45, 7) is 1.71. The second-order valence-electron chi connectivity index (χ2n) is 8.07. The molecule has 1 aliphatic heterocycles. The number of nitrogens with zero attached hydrogens (tertiary/aromatic N) is 2. The van der Waals surface area contributed by atoms with E-state index in [9.17, 15) is 36.5 Å². The number of nitro benzene ring substituents is 1. The van der Waals surface area contributed by atoms with E-state index in [1.165, 1.54) is 12.1 Å². The van der Waals surface area contributed by atoms with Gasteiger partial charge < -0.3 is 0 Å². The van der Waals surface area contributed by atoms with Crippen LogP contribution in [0, 0.1) is 10.1 Å². The summed E-state index contributed by atoms with van der Waals surface area (Å²) in [4.78, 5) is 23.5. The van der Waals surface area contributed by atoms with E-state index >= 15 is 0 Å². The maximum Gasteiger partial charge on any atom is 0.416 e. The number of non-ortho nitro benzene ring substituents is 1. The van der Waals surface area contributed by atoms with Gasteiger partial charge in [-0.3, -0.25) is 14.9 Å². The van der Waals surface area contributed by atoms with Crippen molar-refractivity contribution >= 4 is 21.6 Å². The molecule has 4 rings (SSSR count). The van der Waals surface area contributed by atoms with E-state index in [0.717, 1.165) is 36.4 Å². The summed E-state index contributed by atoms with van der Waals surface area (Å²) in [5, 5.41) is 10.9. The maximum absolute atomic E-state index is 13.6. The Bertz CT molecular complexity index is 1380. The van der Waals surface area contributed by atoms with Gasteiger partial charge in [-0.05, 0) is 41.8 Å². The topological polar surface area (TPSA) is 97.6 Å². The van der Waals surface area contributed by atoms with Crippen LogP contribution in [0.25, 0.3) is 0 Å². The SMILES string of the molecule is CC[C@@]1(c2ccccc2)C(=O)N(S(=O)(=O)c2ccc([N+](=O)[O-])cc2)C1c1ccc(C(F)(F)F)cc1. The second kappa shape index (κ2) is 8.49. The van der Waals surface area contributed by atoms with E-state index in [4.69, 9.17) is 0 Å². The summed E-state index contributed by atoms with van der Waals surface area (Å²) in [7, 11) is -4.48. The third-order valence-corrected chi connectivity index (χ3v) is 8.05. The van der Waals surface area contributed by atoms with E-state index in [0.29, 0.717) is 9.87 Å². The van der Waals surface area contributed by atoms with Crippen molar-refractivity contribution in [2.24, 2.45) is 0 Å². The van der Waals surface area contributed by atoms with Crippen LogP contribution in [0.3, 0.4) is 0 Å². The number of nitro groups is 1. The minimum atomic E-state index is -4.58. The summed E-state index contributed by atoms with van der Waals surface area (Å²) in [6, 6.07) is 15.5. The average Bonchev–Trinajstić information content (AvgIpc) is 2.83. The van der Waals surface area contributed by atoms with E-state index in [-0.39, 0.29) is 22.6 Å². The number of hydrogen-bond acceptors (Lipinski definition) is 5. The number of sulfonamides is 1. The third-order valence-electron chi connectivity index (χ3n) is 6.29. The molecule has 0 saturated carbocycles. The van der Waals surface area contributed by atoms with Crippen LogP contribution in [0.2, 0.25) is 0 Å². The van der Waals surface area contributed by atoms with E-state index in [2.05, 4.69) is 0 Å². The Hall–Kier alpha value is -3.73. The highest BCUT2D eigenvalue weighted by Crippen LogP contribution is 2.56. The summed E-state index contributed by atoms with van der Waals surface area (Å²) in [6.07, 6.45) is -4.40. The van der Waals surface area contributed by atoms with Gasteiger partial charge in [-0.2, -0.15) is 13.2 Å². The van der Waals surface area contributed by atoms with Gasteiger partial charge in [0.05, 0.1) is 21.4 Å². The highest BCUT2D eigenvalue weighted by atomic mass is 32.2. The minimum Gasteiger partial charge on any atom is -0.273 e. The molecule has 0 aromatic heterocycles. The third kappa shape index (κ3) is 3.85. The first-order valence-corrected chi connectivity index (χ1v) is 11.9. The molecule has 3 aromatic rings. The molecular formula is C24H19F3N2O5S. The molecule has 0 aliphatic carbocycles. The fraction of sp³-hybridized carbons (Fsp3) is 0.208. The fourth-order valence-electron chi connectivity index (χ4n) is 4.51.